The van der Waals surface area contributed by atoms with E-state index < -0.39 is 0 Å². The number of carbonyl (C=O) groups is 1. The third-order valence-corrected chi connectivity index (χ3v) is 4.34. The minimum absolute atomic E-state index is 0.125. The number of pyridine rings is 1. The number of hydrogen-bond acceptors (Lipinski definition) is 5. The highest BCUT2D eigenvalue weighted by molar-refractivity contribution is 5.73. The Hall–Kier alpha value is -2.61. The van der Waals surface area contributed by atoms with E-state index in [1.54, 1.807) is 22.8 Å². The molecule has 0 unspecified atom stereocenters. The van der Waals surface area contributed by atoms with E-state index >= 15 is 0 Å². The summed E-state index contributed by atoms with van der Waals surface area (Å²) < 4.78 is 7.28. The van der Waals surface area contributed by atoms with E-state index in [-0.39, 0.29) is 12.1 Å². The average molecular weight is 358 g/mol. The second kappa shape index (κ2) is 8.18. The summed E-state index contributed by atoms with van der Waals surface area (Å²) in [6.45, 7) is 5.46. The number of anilines is 1. The highest BCUT2D eigenvalue weighted by Crippen LogP contribution is 2.15. The zero-order valence-corrected chi connectivity index (χ0v) is 15.6. The number of nitrogens with one attached hydrogen (secondary N) is 1. The van der Waals surface area contributed by atoms with Crippen LogP contribution >= 0.6 is 0 Å². The molecule has 1 N–H and O–H groups in total. The summed E-state index contributed by atoms with van der Waals surface area (Å²) in [4.78, 5) is 20.6. The fraction of sp³-hybridized carbons (Fsp3) is 0.500. The van der Waals surface area contributed by atoms with Crippen LogP contribution in [0.1, 0.15) is 18.1 Å². The van der Waals surface area contributed by atoms with Gasteiger partial charge in [0, 0.05) is 51.7 Å². The largest absolute Gasteiger partial charge is 0.375 e. The van der Waals surface area contributed by atoms with Crippen LogP contribution in [0.25, 0.3) is 0 Å². The number of carbonyl (C=O) groups excluding carboxylic acids is 1. The Balaban J connectivity index is 1.48. The van der Waals surface area contributed by atoms with Crippen molar-refractivity contribution in [2.45, 2.75) is 26.1 Å². The zero-order valence-electron chi connectivity index (χ0n) is 15.6. The van der Waals surface area contributed by atoms with E-state index in [0.29, 0.717) is 13.1 Å². The van der Waals surface area contributed by atoms with Crippen LogP contribution in [0.2, 0.25) is 0 Å². The lowest BCUT2D eigenvalue weighted by Gasteiger charge is -2.32. The van der Waals surface area contributed by atoms with E-state index in [2.05, 4.69) is 27.2 Å². The Kier molecular flexibility index (Phi) is 5.72. The van der Waals surface area contributed by atoms with Crippen LogP contribution in [0.3, 0.4) is 0 Å². The second-order valence-electron chi connectivity index (χ2n) is 6.69. The van der Waals surface area contributed by atoms with Gasteiger partial charge in [-0.3, -0.25) is 4.68 Å². The number of rotatable bonds is 5. The van der Waals surface area contributed by atoms with Gasteiger partial charge in [-0.15, -0.1) is 0 Å². The Bertz CT molecular complexity index is 730. The first-order valence-electron chi connectivity index (χ1n) is 8.79. The molecule has 0 spiro atoms. The summed E-state index contributed by atoms with van der Waals surface area (Å²) in [6, 6.07) is 3.88. The van der Waals surface area contributed by atoms with Crippen LogP contribution in [-0.4, -0.2) is 58.5 Å². The Morgan fingerprint density at radius 1 is 1.38 bits per heavy atom. The minimum Gasteiger partial charge on any atom is -0.375 e. The molecular formula is C18H26N6O2. The lowest BCUT2D eigenvalue weighted by atomic mass is 10.2. The lowest BCUT2D eigenvalue weighted by Crippen LogP contribution is -2.41. The van der Waals surface area contributed by atoms with Gasteiger partial charge in [0.15, 0.2) is 0 Å². The molecule has 1 fully saturated rings. The first-order valence-corrected chi connectivity index (χ1v) is 8.79. The quantitative estimate of drug-likeness (QED) is 0.874. The minimum atomic E-state index is -0.125. The standard InChI is InChI=1S/C18H26N6O2/c1-14-11-24(6-7-26-14)17-5-4-15(8-19-17)9-20-18(25)22(2)12-16-10-21-23(3)13-16/h4-5,8,10,13-14H,6-7,9,11-12H2,1-3H3,(H,20,25)/t14-/m0/s1. The SMILES string of the molecule is C[C@H]1CN(c2ccc(CNC(=O)N(C)Cc3cnn(C)c3)cn2)CCO1. The number of hydrogen-bond donors (Lipinski definition) is 1. The van der Waals surface area contributed by atoms with Crippen LogP contribution in [0, 0.1) is 0 Å². The van der Waals surface area contributed by atoms with Gasteiger partial charge in [-0.25, -0.2) is 9.78 Å². The molecule has 0 radical (unpaired) electrons. The van der Waals surface area contributed by atoms with Gasteiger partial charge >= 0.3 is 6.03 Å². The molecule has 140 valence electrons. The molecule has 2 amide bonds. The number of morpholine rings is 1. The lowest BCUT2D eigenvalue weighted by molar-refractivity contribution is 0.0529. The maximum atomic E-state index is 12.2. The molecule has 3 heterocycles. The molecule has 8 nitrogen and oxygen atoms in total. The Morgan fingerprint density at radius 2 is 2.23 bits per heavy atom. The summed E-state index contributed by atoms with van der Waals surface area (Å²) in [5.74, 6) is 0.948. The predicted octanol–water partition coefficient (Wildman–Crippen LogP) is 1.38. The van der Waals surface area contributed by atoms with Gasteiger partial charge in [0.2, 0.25) is 0 Å². The molecule has 1 aliphatic heterocycles. The van der Waals surface area contributed by atoms with Crippen molar-refractivity contribution in [3.8, 4) is 0 Å². The van der Waals surface area contributed by atoms with Crippen LogP contribution in [0.4, 0.5) is 10.6 Å². The second-order valence-corrected chi connectivity index (χ2v) is 6.69. The Labute approximate surface area is 153 Å². The van der Waals surface area contributed by atoms with E-state index in [0.717, 1.165) is 36.6 Å². The molecule has 2 aromatic heterocycles. The van der Waals surface area contributed by atoms with Gasteiger partial charge in [-0.2, -0.15) is 5.10 Å². The van der Waals surface area contributed by atoms with Crippen molar-refractivity contribution in [1.29, 1.82) is 0 Å². The maximum Gasteiger partial charge on any atom is 0.317 e. The first kappa shape index (κ1) is 18.2. The summed E-state index contributed by atoms with van der Waals surface area (Å²) in [5.41, 5.74) is 1.97. The average Bonchev–Trinajstić information content (AvgIpc) is 3.05. The molecule has 0 bridgehead atoms. The molecule has 1 saturated heterocycles. The first-order chi connectivity index (χ1) is 12.5. The fourth-order valence-corrected chi connectivity index (χ4v) is 2.95. The fourth-order valence-electron chi connectivity index (χ4n) is 2.95. The van der Waals surface area contributed by atoms with E-state index in [1.165, 1.54) is 0 Å². The van der Waals surface area contributed by atoms with Crippen LogP contribution in [0.5, 0.6) is 0 Å². The van der Waals surface area contributed by atoms with Crippen molar-refractivity contribution in [2.24, 2.45) is 7.05 Å². The van der Waals surface area contributed by atoms with Crippen molar-refractivity contribution >= 4 is 11.8 Å². The van der Waals surface area contributed by atoms with Gasteiger partial charge in [-0.05, 0) is 18.6 Å². The molecule has 0 aromatic carbocycles. The molecule has 0 saturated carbocycles. The summed E-state index contributed by atoms with van der Waals surface area (Å²) >= 11 is 0. The van der Waals surface area contributed by atoms with Gasteiger partial charge in [0.25, 0.3) is 0 Å². The Morgan fingerprint density at radius 3 is 2.88 bits per heavy atom. The number of ether oxygens (including phenoxy) is 1. The number of urea groups is 1. The molecule has 3 rings (SSSR count). The topological polar surface area (TPSA) is 75.5 Å². The molecule has 1 atom stereocenters. The maximum absolute atomic E-state index is 12.2. The highest BCUT2D eigenvalue weighted by atomic mass is 16.5. The molecule has 1 aliphatic rings. The van der Waals surface area contributed by atoms with Crippen LogP contribution < -0.4 is 10.2 Å². The van der Waals surface area contributed by atoms with Crippen molar-refractivity contribution in [2.75, 3.05) is 31.6 Å². The predicted molar refractivity (Wildman–Crippen MR) is 98.8 cm³/mol. The number of amides is 2. The number of aromatic nitrogens is 3. The van der Waals surface area contributed by atoms with E-state index in [1.807, 2.05) is 31.6 Å². The summed E-state index contributed by atoms with van der Waals surface area (Å²) in [7, 11) is 3.63. The summed E-state index contributed by atoms with van der Waals surface area (Å²) in [5, 5.41) is 7.03. The van der Waals surface area contributed by atoms with Crippen molar-refractivity contribution in [1.82, 2.24) is 25.0 Å². The summed E-state index contributed by atoms with van der Waals surface area (Å²) in [6.07, 6.45) is 5.70. The van der Waals surface area contributed by atoms with Gasteiger partial charge < -0.3 is 19.9 Å². The molecule has 0 aliphatic carbocycles. The van der Waals surface area contributed by atoms with Crippen molar-refractivity contribution in [3.63, 3.8) is 0 Å². The van der Waals surface area contributed by atoms with Crippen molar-refractivity contribution in [3.05, 3.63) is 41.9 Å². The van der Waals surface area contributed by atoms with Crippen LogP contribution in [-0.2, 0) is 24.9 Å². The molecule has 8 heteroatoms. The molecular weight excluding hydrogens is 332 g/mol. The monoisotopic (exact) mass is 358 g/mol. The molecule has 26 heavy (non-hydrogen) atoms. The third kappa shape index (κ3) is 4.72. The van der Waals surface area contributed by atoms with Gasteiger partial charge in [0.1, 0.15) is 5.82 Å². The van der Waals surface area contributed by atoms with E-state index in [9.17, 15) is 4.79 Å². The third-order valence-electron chi connectivity index (χ3n) is 4.34. The zero-order chi connectivity index (χ0) is 18.5. The smallest absolute Gasteiger partial charge is 0.317 e. The van der Waals surface area contributed by atoms with E-state index in [4.69, 9.17) is 4.74 Å². The van der Waals surface area contributed by atoms with Gasteiger partial charge in [-0.1, -0.05) is 6.07 Å². The number of nitrogens with zero attached hydrogens (tertiary/aromatic N) is 5. The number of aryl methyl sites for hydroxylation is 1. The van der Waals surface area contributed by atoms with Crippen molar-refractivity contribution < 1.29 is 9.53 Å². The van der Waals surface area contributed by atoms with Crippen LogP contribution in [0.15, 0.2) is 30.7 Å². The van der Waals surface area contributed by atoms with Gasteiger partial charge in [0.05, 0.1) is 25.5 Å². The highest BCUT2D eigenvalue weighted by Gasteiger charge is 2.17. The normalized spacial score (nSPS) is 17.2. The molecule has 2 aromatic rings.